The summed E-state index contributed by atoms with van der Waals surface area (Å²) in [4.78, 5) is 98.9. The van der Waals surface area contributed by atoms with Crippen molar-refractivity contribution in [2.45, 2.75) is 57.9 Å². The maximum atomic E-state index is 13.2. The molecule has 3 aromatic heterocycles. The monoisotopic (exact) mass is 1130 g/mol. The van der Waals surface area contributed by atoms with Crippen LogP contribution in [0, 0.1) is 0 Å². The number of hydrogen-bond donors (Lipinski definition) is 5. The van der Waals surface area contributed by atoms with Crippen molar-refractivity contribution in [2.24, 2.45) is 0 Å². The minimum absolute atomic E-state index is 0.00377. The molecule has 3 aromatic carbocycles. The van der Waals surface area contributed by atoms with E-state index >= 15 is 0 Å². The summed E-state index contributed by atoms with van der Waals surface area (Å²) in [6, 6.07) is 18.3. The number of imidazole rings is 1. The Bertz CT molecular complexity index is 3220. The van der Waals surface area contributed by atoms with Gasteiger partial charge in [-0.15, -0.1) is 0 Å². The smallest absolute Gasteiger partial charge is 0.324 e. The van der Waals surface area contributed by atoms with Gasteiger partial charge in [-0.3, -0.25) is 58.5 Å². The van der Waals surface area contributed by atoms with Gasteiger partial charge in [-0.1, -0.05) is 55.5 Å². The quantitative estimate of drug-likeness (QED) is 0.0346. The van der Waals surface area contributed by atoms with Gasteiger partial charge in [-0.2, -0.15) is 0 Å². The molecule has 0 aliphatic carbocycles. The second kappa shape index (κ2) is 27.1. The van der Waals surface area contributed by atoms with E-state index in [9.17, 15) is 33.6 Å². The average Bonchev–Trinajstić information content (AvgIpc) is 4.41. The van der Waals surface area contributed by atoms with Crippen LogP contribution in [0.2, 0.25) is 0 Å². The predicted molar refractivity (Wildman–Crippen MR) is 299 cm³/mol. The molecule has 0 saturated carbocycles. The molecule has 24 nitrogen and oxygen atoms in total. The molecule has 2 fully saturated rings. The third-order valence-electron chi connectivity index (χ3n) is 13.6. The summed E-state index contributed by atoms with van der Waals surface area (Å²) in [5.41, 5.74) is 3.24. The zero-order valence-corrected chi connectivity index (χ0v) is 46.4. The third kappa shape index (κ3) is 15.4. The van der Waals surface area contributed by atoms with E-state index in [0.29, 0.717) is 96.0 Å². The van der Waals surface area contributed by atoms with Crippen LogP contribution in [0.25, 0.3) is 26.4 Å². The van der Waals surface area contributed by atoms with Gasteiger partial charge in [0.15, 0.2) is 17.4 Å². The van der Waals surface area contributed by atoms with Crippen molar-refractivity contribution in [1.82, 2.24) is 45.2 Å². The summed E-state index contributed by atoms with van der Waals surface area (Å²) in [5.74, 6) is -1.10. The fourth-order valence-corrected chi connectivity index (χ4v) is 10.3. The second-order valence-electron chi connectivity index (χ2n) is 20.6. The lowest BCUT2D eigenvalue weighted by Gasteiger charge is -2.34. The van der Waals surface area contributed by atoms with Gasteiger partial charge < -0.3 is 44.2 Å². The van der Waals surface area contributed by atoms with Gasteiger partial charge in [0.25, 0.3) is 17.7 Å². The number of nitrogens with one attached hydrogen (secondary N) is 5. The van der Waals surface area contributed by atoms with Crippen LogP contribution in [0.3, 0.4) is 0 Å². The molecule has 1 atom stereocenters. The first-order chi connectivity index (χ1) is 39.2. The molecule has 81 heavy (non-hydrogen) atoms. The minimum Gasteiger partial charge on any atom is -0.492 e. The highest BCUT2D eigenvalue weighted by Crippen LogP contribution is 2.35. The maximum Gasteiger partial charge on any atom is 0.324 e. The Balaban J connectivity index is 0.554. The van der Waals surface area contributed by atoms with Gasteiger partial charge in [0.2, 0.25) is 17.7 Å². The Hall–Kier alpha value is -7.81. The Morgan fingerprint density at radius 2 is 1.48 bits per heavy atom. The molecule has 430 valence electrons. The summed E-state index contributed by atoms with van der Waals surface area (Å²) < 4.78 is 37.1. The molecule has 3 aliphatic heterocycles. The second-order valence-corrected chi connectivity index (χ2v) is 21.6. The first-order valence-corrected chi connectivity index (χ1v) is 27.9. The van der Waals surface area contributed by atoms with Crippen LogP contribution in [0.5, 0.6) is 11.5 Å². The lowest BCUT2D eigenvalue weighted by molar-refractivity contribution is -0.136. The highest BCUT2D eigenvalue weighted by molar-refractivity contribution is 7.23. The van der Waals surface area contributed by atoms with Crippen molar-refractivity contribution < 1.29 is 61.8 Å². The number of piperazine rings is 1. The highest BCUT2D eigenvalue weighted by Gasteiger charge is 2.46. The van der Waals surface area contributed by atoms with Gasteiger partial charge in [0.1, 0.15) is 29.9 Å². The van der Waals surface area contributed by atoms with Gasteiger partial charge in [0.05, 0.1) is 60.0 Å². The van der Waals surface area contributed by atoms with Crippen LogP contribution in [-0.2, 0) is 38.8 Å². The molecule has 6 aromatic rings. The number of fused-ring (bicyclic) bond motifs is 4. The zero-order chi connectivity index (χ0) is 56.9. The SMILES string of the molecule is CC(C)(C)c1cc(NC(=O)Nc2ccc(-c3cn4c(n3)sc3cc(OCCN5CCN(CC(=O)NCCCOCCOCCOCCCNC(=O)COc6cccc7c6C(=O)N(C6CCC(=O)NC6=O)C7=O)CC5)ccc34)cc2)no1. The number of carbonyl (C=O) groups excluding carboxylic acids is 7. The van der Waals surface area contributed by atoms with Gasteiger partial charge >= 0.3 is 6.03 Å². The lowest BCUT2D eigenvalue weighted by atomic mass is 9.93. The summed E-state index contributed by atoms with van der Waals surface area (Å²) in [5, 5.41) is 17.3. The highest BCUT2D eigenvalue weighted by atomic mass is 32.1. The van der Waals surface area contributed by atoms with Gasteiger partial charge in [-0.25, -0.2) is 9.78 Å². The number of benzene rings is 3. The average molecular weight is 1130 g/mol. The molecule has 5 N–H and O–H groups in total. The Labute approximate surface area is 471 Å². The van der Waals surface area contributed by atoms with Crippen LogP contribution in [-0.4, -0.2) is 182 Å². The molecular weight excluding hydrogens is 1070 g/mol. The first kappa shape index (κ1) is 57.9. The van der Waals surface area contributed by atoms with Crippen LogP contribution in [0.1, 0.15) is 72.9 Å². The van der Waals surface area contributed by atoms with E-state index < -0.39 is 48.2 Å². The lowest BCUT2D eigenvalue weighted by Crippen LogP contribution is -2.54. The Kier molecular flexibility index (Phi) is 19.4. The molecule has 2 saturated heterocycles. The summed E-state index contributed by atoms with van der Waals surface area (Å²) >= 11 is 1.60. The molecule has 9 rings (SSSR count). The predicted octanol–water partition coefficient (Wildman–Crippen LogP) is 4.68. The number of aromatic nitrogens is 3. The van der Waals surface area contributed by atoms with E-state index in [2.05, 4.69) is 58.1 Å². The van der Waals surface area contributed by atoms with Crippen molar-refractivity contribution in [3.63, 3.8) is 0 Å². The first-order valence-electron chi connectivity index (χ1n) is 27.1. The van der Waals surface area contributed by atoms with Crippen molar-refractivity contribution in [3.05, 3.63) is 89.8 Å². The van der Waals surface area contributed by atoms with Gasteiger partial charge in [-0.05, 0) is 61.7 Å². The topological polar surface area (TPSA) is 279 Å². The van der Waals surface area contributed by atoms with E-state index in [-0.39, 0.29) is 41.0 Å². The van der Waals surface area contributed by atoms with Crippen LogP contribution >= 0.6 is 11.3 Å². The van der Waals surface area contributed by atoms with E-state index in [4.69, 9.17) is 33.2 Å². The standard InChI is InChI=1S/C56H67N11O13S/c1-56(2,3)45-32-46(63-80-45)61-54(74)59-37-11-9-36(10-12-37)40-33-66-41-14-13-38(31-44(41)81-55(66)60-40)78-26-23-64-19-21-65(22-20-64)34-48(69)57-17-5-24-75-27-29-77-30-28-76-25-6-18-58-49(70)35-79-43-8-4-7-39-50(43)53(73)67(52(39)72)42-15-16-47(68)62-51(42)71/h4,7-14,31-33,42H,5-6,15-30,34-35H2,1-3H3,(H,57,69)(H,58,70)(H,62,68,71)(H2,59,61,63,74). The molecule has 3 aliphatic rings. The molecule has 0 spiro atoms. The normalized spacial score (nSPS) is 16.0. The van der Waals surface area contributed by atoms with Crippen molar-refractivity contribution in [3.8, 4) is 22.8 Å². The number of thiazole rings is 1. The summed E-state index contributed by atoms with van der Waals surface area (Å²) in [6.45, 7) is 13.9. The molecule has 8 amide bonds. The van der Waals surface area contributed by atoms with Crippen LogP contribution < -0.4 is 36.1 Å². The number of hydrogen-bond acceptors (Lipinski definition) is 18. The van der Waals surface area contributed by atoms with Crippen LogP contribution in [0.15, 0.2) is 77.4 Å². The molecular formula is C56H67N11O13S. The molecule has 6 heterocycles. The van der Waals surface area contributed by atoms with Crippen molar-refractivity contribution in [1.29, 1.82) is 0 Å². The summed E-state index contributed by atoms with van der Waals surface area (Å²) in [6.07, 6.45) is 3.28. The number of carbonyl (C=O) groups is 7. The molecule has 1 unspecified atom stereocenters. The van der Waals surface area contributed by atoms with Crippen molar-refractivity contribution in [2.75, 3.05) is 116 Å². The Morgan fingerprint density at radius 3 is 2.19 bits per heavy atom. The summed E-state index contributed by atoms with van der Waals surface area (Å²) in [7, 11) is 0. The fraction of sp³-hybridized carbons (Fsp3) is 0.446. The third-order valence-corrected chi connectivity index (χ3v) is 14.6. The number of ether oxygens (including phenoxy) is 5. The fourth-order valence-electron chi connectivity index (χ4n) is 9.27. The van der Waals surface area contributed by atoms with E-state index in [1.807, 2.05) is 57.3 Å². The largest absolute Gasteiger partial charge is 0.492 e. The number of imide groups is 2. The van der Waals surface area contributed by atoms with Gasteiger partial charge in [0, 0.05) is 94.4 Å². The number of amides is 8. The zero-order valence-electron chi connectivity index (χ0n) is 45.5. The molecule has 25 heteroatoms. The Morgan fingerprint density at radius 1 is 0.778 bits per heavy atom. The van der Waals surface area contributed by atoms with E-state index in [1.165, 1.54) is 18.2 Å². The number of rotatable bonds is 27. The number of urea groups is 1. The maximum absolute atomic E-state index is 13.2. The van der Waals surface area contributed by atoms with E-state index in [0.717, 1.165) is 69.8 Å². The van der Waals surface area contributed by atoms with Crippen molar-refractivity contribution >= 4 is 79.5 Å². The molecule has 0 radical (unpaired) electrons. The number of piperidine rings is 1. The van der Waals surface area contributed by atoms with E-state index in [1.54, 1.807) is 17.4 Å². The number of anilines is 2. The molecule has 0 bridgehead atoms. The number of nitrogens with zero attached hydrogens (tertiary/aromatic N) is 6. The van der Waals surface area contributed by atoms with Crippen LogP contribution in [0.4, 0.5) is 16.3 Å². The minimum atomic E-state index is -1.10.